The van der Waals surface area contributed by atoms with Gasteiger partial charge in [0.15, 0.2) is 0 Å². The Bertz CT molecular complexity index is 840. The molecule has 0 fully saturated rings. The number of carbonyl (C=O) groups excluding carboxylic acids is 1. The second-order valence-electron chi connectivity index (χ2n) is 7.05. The number of hydrogen-bond donors (Lipinski definition) is 2. The Balaban J connectivity index is 2.40. The van der Waals surface area contributed by atoms with E-state index >= 15 is 0 Å². The summed E-state index contributed by atoms with van der Waals surface area (Å²) < 4.78 is 16.0. The fourth-order valence-electron chi connectivity index (χ4n) is 2.81. The van der Waals surface area contributed by atoms with E-state index in [1.54, 1.807) is 53.2 Å². The van der Waals surface area contributed by atoms with Crippen molar-refractivity contribution in [2.45, 2.75) is 38.8 Å². The van der Waals surface area contributed by atoms with Crippen LogP contribution in [0.2, 0.25) is 0 Å². The molecule has 2 N–H and O–H groups in total. The van der Waals surface area contributed by atoms with Crippen LogP contribution in [0.5, 0.6) is 11.5 Å². The highest BCUT2D eigenvalue weighted by atomic mass is 16.6. The Morgan fingerprint density at radius 2 is 1.74 bits per heavy atom. The molecule has 0 aliphatic heterocycles. The molecule has 146 valence electrons. The number of hydrogen-bond acceptors (Lipinski definition) is 5. The number of amides is 1. The maximum atomic E-state index is 12.0. The van der Waals surface area contributed by atoms with Crippen LogP contribution in [0.15, 0.2) is 30.3 Å². The van der Waals surface area contributed by atoms with Crippen molar-refractivity contribution in [1.29, 1.82) is 0 Å². The topological polar surface area (TPSA) is 94.1 Å². The van der Waals surface area contributed by atoms with Gasteiger partial charge in [-0.05, 0) is 38.5 Å². The van der Waals surface area contributed by atoms with Gasteiger partial charge in [-0.2, -0.15) is 0 Å². The number of aliphatic carboxylic acids is 1. The van der Waals surface area contributed by atoms with E-state index in [2.05, 4.69) is 5.32 Å². The molecule has 7 nitrogen and oxygen atoms in total. The molecule has 1 atom stereocenters. The van der Waals surface area contributed by atoms with Crippen molar-refractivity contribution >= 4 is 22.8 Å². The largest absolute Gasteiger partial charge is 0.496 e. The summed E-state index contributed by atoms with van der Waals surface area (Å²) in [5, 5.41) is 13.5. The summed E-state index contributed by atoms with van der Waals surface area (Å²) in [6.07, 6.45) is -0.713. The van der Waals surface area contributed by atoms with Gasteiger partial charge in [0, 0.05) is 17.2 Å². The lowest BCUT2D eigenvalue weighted by Crippen LogP contribution is -2.44. The lowest BCUT2D eigenvalue weighted by atomic mass is 9.97. The van der Waals surface area contributed by atoms with Crippen LogP contribution in [0.1, 0.15) is 26.3 Å². The van der Waals surface area contributed by atoms with Gasteiger partial charge in [-0.3, -0.25) is 0 Å². The van der Waals surface area contributed by atoms with Crippen molar-refractivity contribution in [3.8, 4) is 11.5 Å². The van der Waals surface area contributed by atoms with E-state index in [-0.39, 0.29) is 6.42 Å². The molecule has 0 saturated heterocycles. The molecule has 2 aromatic carbocycles. The van der Waals surface area contributed by atoms with E-state index in [9.17, 15) is 14.7 Å². The quantitative estimate of drug-likeness (QED) is 0.804. The summed E-state index contributed by atoms with van der Waals surface area (Å²) in [5.74, 6) is 0.0992. The van der Waals surface area contributed by atoms with Gasteiger partial charge in [0.25, 0.3) is 0 Å². The van der Waals surface area contributed by atoms with E-state index in [1.165, 1.54) is 0 Å². The summed E-state index contributed by atoms with van der Waals surface area (Å²) in [4.78, 5) is 23.7. The van der Waals surface area contributed by atoms with Crippen LogP contribution in [0, 0.1) is 0 Å². The molecular weight excluding hydrogens is 350 g/mol. The number of fused-ring (bicyclic) bond motifs is 1. The highest BCUT2D eigenvalue weighted by Gasteiger charge is 2.25. The van der Waals surface area contributed by atoms with Gasteiger partial charge in [-0.1, -0.05) is 18.2 Å². The predicted molar refractivity (Wildman–Crippen MR) is 102 cm³/mol. The number of rotatable bonds is 6. The fourth-order valence-corrected chi connectivity index (χ4v) is 2.81. The highest BCUT2D eigenvalue weighted by molar-refractivity contribution is 5.96. The van der Waals surface area contributed by atoms with Gasteiger partial charge in [0.1, 0.15) is 23.1 Å². The van der Waals surface area contributed by atoms with Crippen LogP contribution >= 0.6 is 0 Å². The molecule has 27 heavy (non-hydrogen) atoms. The zero-order valence-corrected chi connectivity index (χ0v) is 16.2. The Morgan fingerprint density at radius 1 is 1.07 bits per heavy atom. The molecule has 2 rings (SSSR count). The third-order valence-electron chi connectivity index (χ3n) is 3.90. The van der Waals surface area contributed by atoms with Gasteiger partial charge in [-0.25, -0.2) is 9.59 Å². The molecule has 0 spiro atoms. The Hall–Kier alpha value is -2.96. The first-order valence-electron chi connectivity index (χ1n) is 8.51. The first-order valence-corrected chi connectivity index (χ1v) is 8.51. The standard InChI is InChI=1S/C20H25NO6/c1-20(2,3)27-19(24)21-14(18(22)23)11-12-9-10-15(25-4)13-7-6-8-16(26-5)17(12)13/h6-10,14H,11H2,1-5H3,(H,21,24)(H,22,23). The first-order chi connectivity index (χ1) is 12.7. The molecular formula is C20H25NO6. The summed E-state index contributed by atoms with van der Waals surface area (Å²) in [6, 6.07) is 7.89. The van der Waals surface area contributed by atoms with Crippen LogP contribution in [-0.4, -0.2) is 43.0 Å². The molecule has 0 aromatic heterocycles. The average Bonchev–Trinajstić information content (AvgIpc) is 2.58. The number of alkyl carbamates (subject to hydrolysis) is 1. The minimum absolute atomic E-state index is 0.0649. The molecule has 0 radical (unpaired) electrons. The van der Waals surface area contributed by atoms with Crippen LogP contribution in [0.25, 0.3) is 10.8 Å². The molecule has 2 aromatic rings. The second-order valence-corrected chi connectivity index (χ2v) is 7.05. The van der Waals surface area contributed by atoms with E-state index in [1.807, 2.05) is 12.1 Å². The van der Waals surface area contributed by atoms with Gasteiger partial charge in [0.05, 0.1) is 14.2 Å². The summed E-state index contributed by atoms with van der Waals surface area (Å²) in [6.45, 7) is 5.14. The Kier molecular flexibility index (Phi) is 6.15. The van der Waals surface area contributed by atoms with E-state index < -0.39 is 23.7 Å². The number of nitrogens with one attached hydrogen (secondary N) is 1. The van der Waals surface area contributed by atoms with E-state index in [0.29, 0.717) is 17.1 Å². The zero-order chi connectivity index (χ0) is 20.2. The number of carboxylic acid groups (broad SMARTS) is 1. The van der Waals surface area contributed by atoms with Crippen molar-refractivity contribution in [2.75, 3.05) is 14.2 Å². The van der Waals surface area contributed by atoms with Crippen LogP contribution in [0.4, 0.5) is 4.79 Å². The van der Waals surface area contributed by atoms with Crippen molar-refractivity contribution in [3.63, 3.8) is 0 Å². The highest BCUT2D eigenvalue weighted by Crippen LogP contribution is 2.35. The monoisotopic (exact) mass is 375 g/mol. The molecule has 7 heteroatoms. The third-order valence-corrected chi connectivity index (χ3v) is 3.90. The van der Waals surface area contributed by atoms with Gasteiger partial charge in [-0.15, -0.1) is 0 Å². The van der Waals surface area contributed by atoms with Crippen molar-refractivity contribution < 1.29 is 28.9 Å². The van der Waals surface area contributed by atoms with E-state index in [4.69, 9.17) is 14.2 Å². The van der Waals surface area contributed by atoms with E-state index in [0.717, 1.165) is 10.8 Å². The van der Waals surface area contributed by atoms with Crippen LogP contribution < -0.4 is 14.8 Å². The molecule has 0 saturated carbocycles. The molecule has 1 amide bonds. The number of methoxy groups -OCH3 is 2. The fraction of sp³-hybridized carbons (Fsp3) is 0.400. The molecule has 1 unspecified atom stereocenters. The number of carboxylic acids is 1. The SMILES string of the molecule is COc1ccc(CC(NC(=O)OC(C)(C)C)C(=O)O)c2c(OC)cccc12. The number of benzene rings is 2. The Labute approximate surface area is 158 Å². The van der Waals surface area contributed by atoms with Crippen molar-refractivity contribution in [1.82, 2.24) is 5.32 Å². The van der Waals surface area contributed by atoms with Crippen LogP contribution in [-0.2, 0) is 16.0 Å². The summed E-state index contributed by atoms with van der Waals surface area (Å²) >= 11 is 0. The minimum atomic E-state index is -1.15. The lowest BCUT2D eigenvalue weighted by Gasteiger charge is -2.22. The van der Waals surface area contributed by atoms with Crippen molar-refractivity contribution in [3.05, 3.63) is 35.9 Å². The van der Waals surface area contributed by atoms with Gasteiger partial charge < -0.3 is 24.6 Å². The smallest absolute Gasteiger partial charge is 0.408 e. The third kappa shape index (κ3) is 5.03. The summed E-state index contributed by atoms with van der Waals surface area (Å²) in [5.41, 5.74) is -0.00454. The summed E-state index contributed by atoms with van der Waals surface area (Å²) in [7, 11) is 3.11. The first kappa shape index (κ1) is 20.4. The maximum absolute atomic E-state index is 12.0. The minimum Gasteiger partial charge on any atom is -0.496 e. The Morgan fingerprint density at radius 3 is 2.30 bits per heavy atom. The second kappa shape index (κ2) is 8.16. The lowest BCUT2D eigenvalue weighted by molar-refractivity contribution is -0.139. The number of carbonyl (C=O) groups is 2. The molecule has 0 aliphatic rings. The van der Waals surface area contributed by atoms with Gasteiger partial charge >= 0.3 is 12.1 Å². The normalized spacial score (nSPS) is 12.3. The average molecular weight is 375 g/mol. The van der Waals surface area contributed by atoms with Crippen molar-refractivity contribution in [2.24, 2.45) is 0 Å². The molecule has 0 aliphatic carbocycles. The van der Waals surface area contributed by atoms with Crippen LogP contribution in [0.3, 0.4) is 0 Å². The number of ether oxygens (including phenoxy) is 3. The zero-order valence-electron chi connectivity index (χ0n) is 16.2. The van der Waals surface area contributed by atoms with Gasteiger partial charge in [0.2, 0.25) is 0 Å². The molecule has 0 bridgehead atoms. The maximum Gasteiger partial charge on any atom is 0.408 e. The molecule has 0 heterocycles. The predicted octanol–water partition coefficient (Wildman–Crippen LogP) is 3.38.